The van der Waals surface area contributed by atoms with Crippen molar-refractivity contribution in [3.05, 3.63) is 88.4 Å². The Morgan fingerprint density at radius 3 is 1.93 bits per heavy atom. The average molecular weight is 415 g/mol. The number of benzene rings is 3. The van der Waals surface area contributed by atoms with Crippen molar-refractivity contribution in [2.45, 2.75) is 0 Å². The summed E-state index contributed by atoms with van der Waals surface area (Å²) in [6.45, 7) is -0.166. The van der Waals surface area contributed by atoms with Crippen molar-refractivity contribution in [1.82, 2.24) is 0 Å². The Labute approximate surface area is 172 Å². The van der Waals surface area contributed by atoms with E-state index >= 15 is 0 Å². The molecule has 0 heterocycles. The maximum absolute atomic E-state index is 12.3. The molecule has 0 aliphatic rings. The second-order valence-corrected chi connectivity index (χ2v) is 6.71. The summed E-state index contributed by atoms with van der Waals surface area (Å²) in [6, 6.07) is 20.2. The Morgan fingerprint density at radius 2 is 1.36 bits per heavy atom. The molecule has 3 rings (SSSR count). The Balaban J connectivity index is 1.52. The van der Waals surface area contributed by atoms with Crippen LogP contribution in [0.3, 0.4) is 0 Å². The second-order valence-electron chi connectivity index (χ2n) is 5.84. The third kappa shape index (κ3) is 5.74. The Hall–Kier alpha value is -3.02. The molecule has 2 amide bonds. The molecule has 0 spiro atoms. The minimum atomic E-state index is -0.315. The van der Waals surface area contributed by atoms with Crippen LogP contribution in [-0.2, 0) is 4.79 Å². The predicted octanol–water partition coefficient (Wildman–Crippen LogP) is 5.26. The summed E-state index contributed by atoms with van der Waals surface area (Å²) < 4.78 is 5.44. The summed E-state index contributed by atoms with van der Waals surface area (Å²) >= 11 is 11.8. The fraction of sp³-hybridized carbons (Fsp3) is 0.0476. The molecule has 142 valence electrons. The molecule has 0 saturated heterocycles. The molecule has 0 unspecified atom stereocenters. The lowest BCUT2D eigenvalue weighted by Gasteiger charge is -2.09. The first-order valence-corrected chi connectivity index (χ1v) is 9.10. The van der Waals surface area contributed by atoms with Crippen LogP contribution < -0.4 is 15.4 Å². The van der Waals surface area contributed by atoms with Gasteiger partial charge < -0.3 is 15.4 Å². The van der Waals surface area contributed by atoms with Gasteiger partial charge in [-0.3, -0.25) is 9.59 Å². The number of nitrogens with one attached hydrogen (secondary N) is 2. The summed E-state index contributed by atoms with van der Waals surface area (Å²) in [5.74, 6) is -0.113. The summed E-state index contributed by atoms with van der Waals surface area (Å²) in [6.07, 6.45) is 0. The molecular formula is C21H16Cl2N2O3. The van der Waals surface area contributed by atoms with E-state index in [4.69, 9.17) is 27.9 Å². The molecule has 0 radical (unpaired) electrons. The normalized spacial score (nSPS) is 10.2. The van der Waals surface area contributed by atoms with E-state index in [2.05, 4.69) is 10.6 Å². The first-order valence-electron chi connectivity index (χ1n) is 8.35. The first-order chi connectivity index (χ1) is 13.5. The van der Waals surface area contributed by atoms with Crippen molar-refractivity contribution in [1.29, 1.82) is 0 Å². The molecule has 0 bridgehead atoms. The fourth-order valence-corrected chi connectivity index (χ4v) is 2.76. The maximum atomic E-state index is 12.3. The van der Waals surface area contributed by atoms with Crippen LogP contribution in [0.2, 0.25) is 10.0 Å². The van der Waals surface area contributed by atoms with Crippen LogP contribution in [0.5, 0.6) is 5.75 Å². The quantitative estimate of drug-likeness (QED) is 0.577. The van der Waals surface area contributed by atoms with Crippen LogP contribution in [-0.4, -0.2) is 18.4 Å². The molecule has 3 aromatic carbocycles. The monoisotopic (exact) mass is 414 g/mol. The van der Waals surface area contributed by atoms with Gasteiger partial charge in [-0.05, 0) is 60.7 Å². The van der Waals surface area contributed by atoms with Crippen LogP contribution >= 0.6 is 23.2 Å². The minimum Gasteiger partial charge on any atom is -0.484 e. The number of halogens is 2. The third-order valence-electron chi connectivity index (χ3n) is 3.68. The van der Waals surface area contributed by atoms with Gasteiger partial charge >= 0.3 is 0 Å². The van der Waals surface area contributed by atoms with E-state index in [0.29, 0.717) is 32.7 Å². The molecule has 0 fully saturated rings. The Morgan fingerprint density at radius 1 is 0.786 bits per heavy atom. The van der Waals surface area contributed by atoms with Crippen LogP contribution in [0.25, 0.3) is 0 Å². The Kier molecular flexibility index (Phi) is 6.53. The zero-order valence-corrected chi connectivity index (χ0v) is 16.1. The number of rotatable bonds is 6. The number of hydrogen-bond acceptors (Lipinski definition) is 3. The molecule has 2 N–H and O–H groups in total. The van der Waals surface area contributed by atoms with Crippen LogP contribution in [0, 0.1) is 0 Å². The van der Waals surface area contributed by atoms with Gasteiger partial charge in [-0.1, -0.05) is 35.3 Å². The molecule has 0 atom stereocenters. The highest BCUT2D eigenvalue weighted by molar-refractivity contribution is 6.31. The number of amides is 2. The average Bonchev–Trinajstić information content (AvgIpc) is 2.67. The molecule has 0 saturated carbocycles. The lowest BCUT2D eigenvalue weighted by molar-refractivity contribution is -0.118. The molecule has 5 nitrogen and oxygen atoms in total. The van der Waals surface area contributed by atoms with Crippen molar-refractivity contribution in [3.8, 4) is 5.75 Å². The van der Waals surface area contributed by atoms with Gasteiger partial charge in [0.05, 0.1) is 0 Å². The molecule has 0 aliphatic heterocycles. The minimum absolute atomic E-state index is 0.166. The van der Waals surface area contributed by atoms with E-state index in [1.807, 2.05) is 0 Å². The number of anilines is 2. The molecular weight excluding hydrogens is 399 g/mol. The van der Waals surface area contributed by atoms with Gasteiger partial charge in [0.15, 0.2) is 6.61 Å². The number of carbonyl (C=O) groups is 2. The summed E-state index contributed by atoms with van der Waals surface area (Å²) in [5.41, 5.74) is 1.65. The Bertz CT molecular complexity index is 991. The fourth-order valence-electron chi connectivity index (χ4n) is 2.38. The summed E-state index contributed by atoms with van der Waals surface area (Å²) in [4.78, 5) is 24.2. The highest BCUT2D eigenvalue weighted by Crippen LogP contribution is 2.18. The number of carbonyl (C=O) groups excluding carboxylic acids is 2. The van der Waals surface area contributed by atoms with Crippen LogP contribution in [0.4, 0.5) is 11.4 Å². The number of hydrogen-bond donors (Lipinski definition) is 2. The molecule has 0 aliphatic carbocycles. The van der Waals surface area contributed by atoms with Crippen molar-refractivity contribution >= 4 is 46.4 Å². The van der Waals surface area contributed by atoms with E-state index in [0.717, 1.165) is 0 Å². The molecule has 7 heteroatoms. The van der Waals surface area contributed by atoms with Gasteiger partial charge in [0.25, 0.3) is 11.8 Å². The first kappa shape index (κ1) is 19.7. The number of ether oxygens (including phenoxy) is 1. The molecule has 3 aromatic rings. The third-order valence-corrected chi connectivity index (χ3v) is 4.15. The predicted molar refractivity (Wildman–Crippen MR) is 111 cm³/mol. The van der Waals surface area contributed by atoms with Crippen molar-refractivity contribution in [2.24, 2.45) is 0 Å². The molecule has 28 heavy (non-hydrogen) atoms. The van der Waals surface area contributed by atoms with E-state index in [1.54, 1.807) is 72.8 Å². The standard InChI is InChI=1S/C21H16Cl2N2O3/c22-15-3-1-5-17(11-15)24-20(26)13-28-19-9-7-14(8-10-19)21(27)25-18-6-2-4-16(23)12-18/h1-12H,13H2,(H,24,26)(H,25,27). The maximum Gasteiger partial charge on any atom is 0.262 e. The topological polar surface area (TPSA) is 67.4 Å². The zero-order chi connectivity index (χ0) is 19.9. The van der Waals surface area contributed by atoms with Crippen molar-refractivity contribution in [2.75, 3.05) is 17.2 Å². The lowest BCUT2D eigenvalue weighted by Crippen LogP contribution is -2.20. The van der Waals surface area contributed by atoms with Crippen LogP contribution in [0.15, 0.2) is 72.8 Å². The summed E-state index contributed by atoms with van der Waals surface area (Å²) in [5, 5.41) is 6.52. The van der Waals surface area contributed by atoms with Crippen LogP contribution in [0.1, 0.15) is 10.4 Å². The summed E-state index contributed by atoms with van der Waals surface area (Å²) in [7, 11) is 0. The van der Waals surface area contributed by atoms with Gasteiger partial charge in [-0.15, -0.1) is 0 Å². The van der Waals surface area contributed by atoms with Gasteiger partial charge in [0, 0.05) is 27.0 Å². The van der Waals surface area contributed by atoms with Gasteiger partial charge in [-0.2, -0.15) is 0 Å². The highest BCUT2D eigenvalue weighted by atomic mass is 35.5. The SMILES string of the molecule is O=C(COc1ccc(C(=O)Nc2cccc(Cl)c2)cc1)Nc1cccc(Cl)c1. The van der Waals surface area contributed by atoms with E-state index < -0.39 is 0 Å². The lowest BCUT2D eigenvalue weighted by atomic mass is 10.2. The van der Waals surface area contributed by atoms with E-state index in [1.165, 1.54) is 0 Å². The highest BCUT2D eigenvalue weighted by Gasteiger charge is 2.08. The zero-order valence-electron chi connectivity index (χ0n) is 14.6. The van der Waals surface area contributed by atoms with E-state index in [-0.39, 0.29) is 18.4 Å². The van der Waals surface area contributed by atoms with E-state index in [9.17, 15) is 9.59 Å². The van der Waals surface area contributed by atoms with Crippen molar-refractivity contribution < 1.29 is 14.3 Å². The largest absolute Gasteiger partial charge is 0.484 e. The smallest absolute Gasteiger partial charge is 0.262 e. The van der Waals surface area contributed by atoms with Gasteiger partial charge in [0.1, 0.15) is 5.75 Å². The second kappa shape index (κ2) is 9.26. The van der Waals surface area contributed by atoms with Gasteiger partial charge in [0.2, 0.25) is 0 Å². The molecule has 0 aromatic heterocycles. The van der Waals surface area contributed by atoms with Crippen molar-refractivity contribution in [3.63, 3.8) is 0 Å². The van der Waals surface area contributed by atoms with Gasteiger partial charge in [-0.25, -0.2) is 0 Å².